The van der Waals surface area contributed by atoms with Gasteiger partial charge in [0.2, 0.25) is 11.8 Å². The van der Waals surface area contributed by atoms with Gasteiger partial charge >= 0.3 is 0 Å². The largest absolute Gasteiger partial charge is 0.354 e. The molecule has 3 rings (SSSR count). The van der Waals surface area contributed by atoms with E-state index in [1.165, 1.54) is 5.56 Å². The summed E-state index contributed by atoms with van der Waals surface area (Å²) < 4.78 is 0. The standard InChI is InChI=1S/C31H38N2O2S/c1-24(2)21-32-31(35)29(20-26-12-6-4-7-13-26)33(22-28-16-10-11-25(3)19-28)30(34)17-18-36-23-27-14-8-5-9-15-27/h4-16,19,24,29H,17-18,20-23H2,1-3H3,(H,32,35). The Balaban J connectivity index is 1.79. The third-order valence-corrected chi connectivity index (χ3v) is 6.99. The topological polar surface area (TPSA) is 49.4 Å². The zero-order valence-electron chi connectivity index (χ0n) is 21.7. The molecule has 190 valence electrons. The van der Waals surface area contributed by atoms with Crippen LogP contribution in [0.2, 0.25) is 0 Å². The molecule has 0 fully saturated rings. The van der Waals surface area contributed by atoms with Gasteiger partial charge in [0.05, 0.1) is 0 Å². The van der Waals surface area contributed by atoms with Crippen LogP contribution < -0.4 is 5.32 Å². The molecule has 5 heteroatoms. The average Bonchev–Trinajstić information content (AvgIpc) is 2.88. The molecule has 3 aromatic rings. The van der Waals surface area contributed by atoms with E-state index in [1.54, 1.807) is 16.7 Å². The molecule has 0 heterocycles. The Morgan fingerprint density at radius 3 is 2.14 bits per heavy atom. The summed E-state index contributed by atoms with van der Waals surface area (Å²) in [6.45, 7) is 7.20. The molecule has 1 atom stereocenters. The minimum absolute atomic E-state index is 0.0118. The maximum Gasteiger partial charge on any atom is 0.243 e. The number of carbonyl (C=O) groups excluding carboxylic acids is 2. The molecular weight excluding hydrogens is 464 g/mol. The quantitative estimate of drug-likeness (QED) is 0.290. The number of hydrogen-bond donors (Lipinski definition) is 1. The summed E-state index contributed by atoms with van der Waals surface area (Å²) in [5, 5.41) is 3.09. The zero-order chi connectivity index (χ0) is 25.8. The summed E-state index contributed by atoms with van der Waals surface area (Å²) in [5.41, 5.74) is 4.47. The molecular formula is C31H38N2O2S. The molecule has 0 aromatic heterocycles. The number of rotatable bonds is 13. The number of aryl methyl sites for hydroxylation is 1. The van der Waals surface area contributed by atoms with Gasteiger partial charge < -0.3 is 10.2 Å². The van der Waals surface area contributed by atoms with E-state index in [9.17, 15) is 9.59 Å². The predicted molar refractivity (Wildman–Crippen MR) is 151 cm³/mol. The third-order valence-electron chi connectivity index (χ3n) is 5.96. The highest BCUT2D eigenvalue weighted by Gasteiger charge is 2.30. The van der Waals surface area contributed by atoms with Crippen LogP contribution in [0.1, 0.15) is 42.5 Å². The van der Waals surface area contributed by atoms with Gasteiger partial charge in [0.25, 0.3) is 0 Å². The molecule has 1 unspecified atom stereocenters. The summed E-state index contributed by atoms with van der Waals surface area (Å²) in [6, 6.07) is 27.9. The van der Waals surface area contributed by atoms with Crippen molar-refractivity contribution in [3.05, 3.63) is 107 Å². The number of nitrogens with one attached hydrogen (secondary N) is 1. The molecule has 0 radical (unpaired) electrons. The first-order valence-corrected chi connectivity index (χ1v) is 13.9. The Bertz CT molecular complexity index is 1090. The van der Waals surface area contributed by atoms with Crippen LogP contribution in [0.25, 0.3) is 0 Å². The molecule has 0 saturated carbocycles. The second-order valence-corrected chi connectivity index (χ2v) is 10.7. The van der Waals surface area contributed by atoms with Crippen LogP contribution in [-0.4, -0.2) is 35.1 Å². The fourth-order valence-corrected chi connectivity index (χ4v) is 4.94. The Morgan fingerprint density at radius 1 is 0.861 bits per heavy atom. The molecule has 0 spiro atoms. The first-order chi connectivity index (χ1) is 17.4. The van der Waals surface area contributed by atoms with Gasteiger partial charge in [-0.05, 0) is 29.5 Å². The van der Waals surface area contributed by atoms with Crippen LogP contribution in [0, 0.1) is 12.8 Å². The van der Waals surface area contributed by atoms with Crippen molar-refractivity contribution in [3.63, 3.8) is 0 Å². The second kappa shape index (κ2) is 14.5. The van der Waals surface area contributed by atoms with Crippen molar-refractivity contribution in [2.45, 2.75) is 52.0 Å². The van der Waals surface area contributed by atoms with E-state index in [-0.39, 0.29) is 11.8 Å². The van der Waals surface area contributed by atoms with Crippen LogP contribution in [0.5, 0.6) is 0 Å². The van der Waals surface area contributed by atoms with Gasteiger partial charge in [-0.15, -0.1) is 0 Å². The number of carbonyl (C=O) groups is 2. The fourth-order valence-electron chi connectivity index (χ4n) is 4.05. The lowest BCUT2D eigenvalue weighted by molar-refractivity contribution is -0.141. The Labute approximate surface area is 220 Å². The second-order valence-electron chi connectivity index (χ2n) is 9.64. The van der Waals surface area contributed by atoms with Crippen LogP contribution in [-0.2, 0) is 28.3 Å². The van der Waals surface area contributed by atoms with Gasteiger partial charge in [0.1, 0.15) is 6.04 Å². The molecule has 0 aliphatic rings. The molecule has 3 aromatic carbocycles. The highest BCUT2D eigenvalue weighted by atomic mass is 32.2. The highest BCUT2D eigenvalue weighted by Crippen LogP contribution is 2.19. The van der Waals surface area contributed by atoms with Gasteiger partial charge in [0.15, 0.2) is 0 Å². The minimum atomic E-state index is -0.571. The van der Waals surface area contributed by atoms with Crippen molar-refractivity contribution in [3.8, 4) is 0 Å². The first-order valence-electron chi connectivity index (χ1n) is 12.7. The van der Waals surface area contributed by atoms with E-state index in [2.05, 4.69) is 37.4 Å². The maximum atomic E-state index is 13.7. The maximum absolute atomic E-state index is 13.7. The molecule has 0 bridgehead atoms. The van der Waals surface area contributed by atoms with E-state index < -0.39 is 6.04 Å². The summed E-state index contributed by atoms with van der Waals surface area (Å²) in [4.78, 5) is 28.9. The van der Waals surface area contributed by atoms with Crippen LogP contribution in [0.15, 0.2) is 84.9 Å². The smallest absolute Gasteiger partial charge is 0.243 e. The van der Waals surface area contributed by atoms with E-state index in [4.69, 9.17) is 0 Å². The molecule has 4 nitrogen and oxygen atoms in total. The Morgan fingerprint density at radius 2 is 1.50 bits per heavy atom. The number of benzene rings is 3. The first kappa shape index (κ1) is 27.5. The lowest BCUT2D eigenvalue weighted by Crippen LogP contribution is -2.51. The van der Waals surface area contributed by atoms with Crippen molar-refractivity contribution in [2.24, 2.45) is 5.92 Å². The summed E-state index contributed by atoms with van der Waals surface area (Å²) in [5.74, 6) is 1.84. The van der Waals surface area contributed by atoms with Crippen LogP contribution in [0.3, 0.4) is 0 Å². The van der Waals surface area contributed by atoms with E-state index in [0.29, 0.717) is 37.6 Å². The minimum Gasteiger partial charge on any atom is -0.354 e. The van der Waals surface area contributed by atoms with Crippen molar-refractivity contribution in [1.82, 2.24) is 10.2 Å². The van der Waals surface area contributed by atoms with Crippen molar-refractivity contribution >= 4 is 23.6 Å². The lowest BCUT2D eigenvalue weighted by atomic mass is 10.0. The highest BCUT2D eigenvalue weighted by molar-refractivity contribution is 7.98. The summed E-state index contributed by atoms with van der Waals surface area (Å²) in [7, 11) is 0. The van der Waals surface area contributed by atoms with Crippen molar-refractivity contribution in [2.75, 3.05) is 12.3 Å². The van der Waals surface area contributed by atoms with Crippen molar-refractivity contribution in [1.29, 1.82) is 0 Å². The molecule has 36 heavy (non-hydrogen) atoms. The van der Waals surface area contributed by atoms with Gasteiger partial charge in [-0.25, -0.2) is 0 Å². The number of nitrogens with zero attached hydrogens (tertiary/aromatic N) is 1. The summed E-state index contributed by atoms with van der Waals surface area (Å²) >= 11 is 1.75. The van der Waals surface area contributed by atoms with Gasteiger partial charge in [-0.2, -0.15) is 11.8 Å². The van der Waals surface area contributed by atoms with E-state index in [1.807, 2.05) is 73.7 Å². The van der Waals surface area contributed by atoms with E-state index >= 15 is 0 Å². The van der Waals surface area contributed by atoms with Crippen LogP contribution >= 0.6 is 11.8 Å². The Hall–Kier alpha value is -3.05. The zero-order valence-corrected chi connectivity index (χ0v) is 22.5. The van der Waals surface area contributed by atoms with Gasteiger partial charge in [0, 0.05) is 37.4 Å². The normalized spacial score (nSPS) is 11.8. The predicted octanol–water partition coefficient (Wildman–Crippen LogP) is 6.03. The lowest BCUT2D eigenvalue weighted by Gasteiger charge is -2.32. The summed E-state index contributed by atoms with van der Waals surface area (Å²) in [6.07, 6.45) is 0.881. The van der Waals surface area contributed by atoms with E-state index in [0.717, 1.165) is 22.4 Å². The third kappa shape index (κ3) is 9.19. The number of hydrogen-bond acceptors (Lipinski definition) is 3. The monoisotopic (exact) mass is 502 g/mol. The van der Waals surface area contributed by atoms with Gasteiger partial charge in [-0.3, -0.25) is 9.59 Å². The molecule has 1 N–H and O–H groups in total. The number of thioether (sulfide) groups is 1. The number of amides is 2. The molecule has 0 aliphatic carbocycles. The van der Waals surface area contributed by atoms with Crippen molar-refractivity contribution < 1.29 is 9.59 Å². The molecule has 0 saturated heterocycles. The Kier molecular flexibility index (Phi) is 11.1. The van der Waals surface area contributed by atoms with Crippen LogP contribution in [0.4, 0.5) is 0 Å². The molecule has 0 aliphatic heterocycles. The SMILES string of the molecule is Cc1cccc(CN(C(=O)CCSCc2ccccc2)C(Cc2ccccc2)C(=O)NCC(C)C)c1. The average molecular weight is 503 g/mol. The van der Waals surface area contributed by atoms with Gasteiger partial charge in [-0.1, -0.05) is 104 Å². The fraction of sp³-hybridized carbons (Fsp3) is 0.355. The molecule has 2 amide bonds.